The molecule has 15 rings (SSSR count). The van der Waals surface area contributed by atoms with Crippen LogP contribution in [0.25, 0.3) is 16.7 Å². The predicted molar refractivity (Wildman–Crippen MR) is 340 cm³/mol. The molecule has 0 atom stereocenters. The van der Waals surface area contributed by atoms with Crippen molar-refractivity contribution in [1.82, 2.24) is 0 Å². The van der Waals surface area contributed by atoms with Crippen LogP contribution in [0.4, 0.5) is 73.6 Å². The first kappa shape index (κ1) is 66.9. The molecule has 0 saturated carbocycles. The summed E-state index contributed by atoms with van der Waals surface area (Å²) in [7, 11) is -1.70. The van der Waals surface area contributed by atoms with Gasteiger partial charge in [0.15, 0.2) is 16.8 Å². The Balaban J connectivity index is 0.000000132. The molecule has 3 spiro atoms. The van der Waals surface area contributed by atoms with Crippen molar-refractivity contribution in [3.63, 3.8) is 0 Å². The number of carbonyl (C=O) groups is 5. The lowest BCUT2D eigenvalue weighted by Crippen LogP contribution is -2.56. The molecular weight excluding hydrogens is 1320 g/mol. The topological polar surface area (TPSA) is 238 Å². The number of anilines is 6. The van der Waals surface area contributed by atoms with Gasteiger partial charge in [0.25, 0.3) is 0 Å². The Hall–Kier alpha value is -9.71. The van der Waals surface area contributed by atoms with Gasteiger partial charge < -0.3 is 54.6 Å². The molecule has 29 heteroatoms. The van der Waals surface area contributed by atoms with Gasteiger partial charge in [0.05, 0.1) is 67.8 Å². The van der Waals surface area contributed by atoms with Gasteiger partial charge in [0, 0.05) is 108 Å². The molecule has 0 unspecified atom stereocenters. The van der Waals surface area contributed by atoms with Crippen LogP contribution in [0.5, 0.6) is 17.2 Å². The number of halogens is 9. The largest absolute Gasteiger partial charge is 0.481 e. The van der Waals surface area contributed by atoms with Crippen molar-refractivity contribution < 1.29 is 100 Å². The summed E-state index contributed by atoms with van der Waals surface area (Å²) in [5.41, 5.74) is 4.24. The van der Waals surface area contributed by atoms with E-state index in [0.29, 0.717) is 112 Å². The molecule has 6 aromatic carbocycles. The molecule has 0 bridgehead atoms. The lowest BCUT2D eigenvalue weighted by molar-refractivity contribution is -0.161. The van der Waals surface area contributed by atoms with Crippen LogP contribution in [0.3, 0.4) is 0 Å². The highest BCUT2D eigenvalue weighted by molar-refractivity contribution is 7.92. The van der Waals surface area contributed by atoms with Gasteiger partial charge in [0.2, 0.25) is 39.6 Å². The van der Waals surface area contributed by atoms with Gasteiger partial charge in [-0.2, -0.15) is 39.5 Å². The maximum absolute atomic E-state index is 13.2. The maximum atomic E-state index is 13.2. The second kappa shape index (κ2) is 25.3. The van der Waals surface area contributed by atoms with E-state index in [1.54, 1.807) is 54.4 Å². The minimum absolute atomic E-state index is 0.0122. The zero-order valence-electron chi connectivity index (χ0n) is 51.8. The zero-order chi connectivity index (χ0) is 69.3. The minimum Gasteiger partial charge on any atom is -0.481 e. The highest BCUT2D eigenvalue weighted by atomic mass is 32.2. The second-order valence-electron chi connectivity index (χ2n) is 25.2. The Labute approximate surface area is 553 Å². The van der Waals surface area contributed by atoms with Gasteiger partial charge >= 0.3 is 18.5 Å². The summed E-state index contributed by atoms with van der Waals surface area (Å²) in [6, 6.07) is 25.4. The van der Waals surface area contributed by atoms with Crippen molar-refractivity contribution in [3.05, 3.63) is 177 Å². The van der Waals surface area contributed by atoms with E-state index in [1.807, 2.05) is 12.1 Å². The van der Waals surface area contributed by atoms with Crippen molar-refractivity contribution >= 4 is 90.4 Å². The van der Waals surface area contributed by atoms with Crippen LogP contribution in [-0.4, -0.2) is 107 Å². The fourth-order valence-electron chi connectivity index (χ4n) is 12.8. The van der Waals surface area contributed by atoms with E-state index in [-0.39, 0.29) is 80.9 Å². The van der Waals surface area contributed by atoms with Crippen LogP contribution in [0, 0.1) is 0 Å². The third-order valence-corrected chi connectivity index (χ3v) is 19.2. The average Bonchev–Trinajstić information content (AvgIpc) is 0.760. The van der Waals surface area contributed by atoms with Crippen LogP contribution < -0.4 is 45.1 Å². The van der Waals surface area contributed by atoms with E-state index in [1.165, 1.54) is 36.4 Å². The molecule has 98 heavy (non-hydrogen) atoms. The quantitative estimate of drug-likeness (QED) is 0.0771. The van der Waals surface area contributed by atoms with Crippen LogP contribution in [0.15, 0.2) is 127 Å². The predicted octanol–water partition coefficient (Wildman–Crippen LogP) is 11.9. The number of aryl methyl sites for hydroxylation is 2. The van der Waals surface area contributed by atoms with Gasteiger partial charge in [-0.05, 0) is 120 Å². The van der Waals surface area contributed by atoms with Gasteiger partial charge in [-0.1, -0.05) is 36.4 Å². The molecule has 0 aromatic heterocycles. The molecule has 9 heterocycles. The van der Waals surface area contributed by atoms with E-state index < -0.39 is 79.8 Å². The van der Waals surface area contributed by atoms with Gasteiger partial charge in [-0.15, -0.1) is 0 Å². The van der Waals surface area contributed by atoms with E-state index in [2.05, 4.69) is 26.0 Å². The standard InChI is InChI=1S/C24H21F3N2O4.C23H19F3N2O4.C22H19F3N2O5S/c1-29-19-10-17(5-2-14(19)3-7-22(29)31)28-21(30)8-15-11-23(12-32-13-23)33-20-9-16(24(25,26)27)4-6-18(15)20;24-23(25,26)15-3-5-17-14(10-22(11-31-12-22)32-19(17)8-15)7-21(30)27-16-4-1-13-2-6-20(29)28-18(13)9-16;23-22(24,25)14-4-5-15-13(10-21(11-31-12-21)32-19(15)9-14)8-20(28)26-17-2-1-3-18-16(17)6-7-33(29,30)27-18/h2,4-6,8-10H,3,7,11-13H2,1H3,(H,28,30);1,3-5,7-9H,2,6,10-12H2,(H,27,30)(H,28,29);1-5,8-9,27H,6-7,10-12H2,(H,26,28)/b15-8+;14-7+;13-8+. The molecule has 3 saturated heterocycles. The van der Waals surface area contributed by atoms with Crippen molar-refractivity contribution in [3.8, 4) is 17.2 Å². The highest BCUT2D eigenvalue weighted by Crippen LogP contribution is 2.49. The number of hydrogen-bond acceptors (Lipinski definition) is 13. The van der Waals surface area contributed by atoms with Crippen LogP contribution in [0.2, 0.25) is 0 Å². The summed E-state index contributed by atoms with van der Waals surface area (Å²) >= 11 is 0. The van der Waals surface area contributed by atoms with Crippen molar-refractivity contribution in [2.24, 2.45) is 0 Å². The third kappa shape index (κ3) is 14.2. The maximum Gasteiger partial charge on any atom is 0.416 e. The number of carbonyl (C=O) groups excluding carboxylic acids is 5. The Bertz CT molecular complexity index is 4520. The normalized spacial score (nSPS) is 20.4. The fraction of sp³-hybridized carbons (Fsp3) is 0.319. The molecule has 512 valence electrons. The molecule has 5 amide bonds. The van der Waals surface area contributed by atoms with E-state index in [9.17, 15) is 71.9 Å². The fourth-order valence-corrected chi connectivity index (χ4v) is 13.9. The summed E-state index contributed by atoms with van der Waals surface area (Å²) in [5.74, 6) is -1.24. The van der Waals surface area contributed by atoms with Gasteiger partial charge in [-0.25, -0.2) is 8.42 Å². The minimum atomic E-state index is -4.52. The van der Waals surface area contributed by atoms with Crippen molar-refractivity contribution in [2.75, 3.05) is 83.3 Å². The molecule has 9 aliphatic heterocycles. The van der Waals surface area contributed by atoms with Crippen molar-refractivity contribution in [2.45, 2.75) is 86.7 Å². The highest BCUT2D eigenvalue weighted by Gasteiger charge is 2.49. The Kier molecular flexibility index (Phi) is 17.3. The van der Waals surface area contributed by atoms with Crippen LogP contribution in [0.1, 0.15) is 82.2 Å². The molecule has 0 radical (unpaired) electrons. The van der Waals surface area contributed by atoms with Gasteiger partial charge in [0.1, 0.15) is 17.2 Å². The lowest BCUT2D eigenvalue weighted by atomic mass is 9.85. The number of sulfonamides is 1. The molecule has 9 aliphatic rings. The Morgan fingerprint density at radius 1 is 0.510 bits per heavy atom. The number of hydrogen-bond donors (Lipinski definition) is 5. The molecule has 6 aromatic rings. The summed E-state index contributed by atoms with van der Waals surface area (Å²) in [5, 5.41) is 11.1. The number of benzene rings is 6. The third-order valence-electron chi connectivity index (χ3n) is 17.9. The molecule has 19 nitrogen and oxygen atoms in total. The Morgan fingerprint density at radius 3 is 1.40 bits per heavy atom. The molecule has 3 fully saturated rings. The summed E-state index contributed by atoms with van der Waals surface area (Å²) in [6.45, 7) is 1.40. The number of amides is 5. The smallest absolute Gasteiger partial charge is 0.416 e. The summed E-state index contributed by atoms with van der Waals surface area (Å²) < 4.78 is 178. The number of ether oxygens (including phenoxy) is 6. The molecule has 5 N–H and O–H groups in total. The molecule has 0 aliphatic carbocycles. The van der Waals surface area contributed by atoms with E-state index in [0.717, 1.165) is 53.2 Å². The van der Waals surface area contributed by atoms with E-state index >= 15 is 0 Å². The average molecular weight is 1380 g/mol. The lowest BCUT2D eigenvalue weighted by Gasteiger charge is -2.45. The zero-order valence-corrected chi connectivity index (χ0v) is 52.6. The van der Waals surface area contributed by atoms with Crippen LogP contribution >= 0.6 is 0 Å². The second-order valence-corrected chi connectivity index (χ2v) is 27.0. The summed E-state index contributed by atoms with van der Waals surface area (Å²) in [6.07, 6.45) is -5.98. The first-order valence-electron chi connectivity index (χ1n) is 30.8. The number of nitrogens with zero attached hydrogens (tertiary/aromatic N) is 1. The number of nitrogens with one attached hydrogen (secondary N) is 5. The van der Waals surface area contributed by atoms with Crippen LogP contribution in [-0.2, 0) is 86.0 Å². The first-order chi connectivity index (χ1) is 46.4. The SMILES string of the molecule is CN1C(=O)CCc2ccc(NC(=O)/C=C3\CC4(COC4)Oc4cc(C(F)(F)F)ccc43)cc21.O=C(/C=C1\CC2(COC2)Oc2cc(C(F)(F)F)ccc21)Nc1ccc2c(c1)NC(=O)CC2.O=C(/C=C1\CC2(COC2)Oc2cc(C(F)(F)F)ccc21)Nc1cccc2c1CCS(=O)(=O)N2. The first-order valence-corrected chi connectivity index (χ1v) is 32.5. The number of rotatable bonds is 6. The summed E-state index contributed by atoms with van der Waals surface area (Å²) in [4.78, 5) is 63.6. The van der Waals surface area contributed by atoms with E-state index in [4.69, 9.17) is 28.4 Å². The molecular formula is C69H59F9N6O13S. The number of fused-ring (bicyclic) bond motifs is 6. The Morgan fingerprint density at radius 2 is 0.949 bits per heavy atom. The number of alkyl halides is 9. The van der Waals surface area contributed by atoms with Gasteiger partial charge in [-0.3, -0.25) is 28.7 Å². The van der Waals surface area contributed by atoms with Crippen molar-refractivity contribution in [1.29, 1.82) is 0 Å². The monoisotopic (exact) mass is 1380 g/mol.